The molecule has 0 atom stereocenters. The predicted octanol–water partition coefficient (Wildman–Crippen LogP) is 2.19. The Morgan fingerprint density at radius 1 is 1.50 bits per heavy atom. The van der Waals surface area contributed by atoms with Crippen molar-refractivity contribution in [3.8, 4) is 11.6 Å². The molecule has 76 valence electrons. The molecule has 0 bridgehead atoms. The predicted molar refractivity (Wildman–Crippen MR) is 53.8 cm³/mol. The first-order valence-corrected chi connectivity index (χ1v) is 5.03. The van der Waals surface area contributed by atoms with Gasteiger partial charge in [-0.25, -0.2) is 4.98 Å². The Hall–Kier alpha value is -1.25. The van der Waals surface area contributed by atoms with Crippen molar-refractivity contribution in [3.05, 3.63) is 17.8 Å². The highest BCUT2D eigenvalue weighted by Gasteiger charge is 2.25. The fourth-order valence-corrected chi connectivity index (χ4v) is 1.27. The Morgan fingerprint density at radius 2 is 2.29 bits per heavy atom. The maximum absolute atomic E-state index is 5.70. The lowest BCUT2D eigenvalue weighted by molar-refractivity contribution is 0.276. The quantitative estimate of drug-likeness (QED) is 0.734. The summed E-state index contributed by atoms with van der Waals surface area (Å²) in [5.41, 5.74) is 1.18. The van der Waals surface area contributed by atoms with Gasteiger partial charge in [-0.2, -0.15) is 0 Å². The number of methoxy groups -OCH3 is 1. The Bertz CT molecular complexity index is 321. The number of aromatic nitrogens is 1. The van der Waals surface area contributed by atoms with Crippen LogP contribution in [0.25, 0.3) is 0 Å². The standard InChI is InChI=1S/C11H15NO2/c1-3-8-6-10(14-9-4-5-9)11(13-2)12-7-8/h6-7,9H,3-5H2,1-2H3. The van der Waals surface area contributed by atoms with Gasteiger partial charge in [0.2, 0.25) is 0 Å². The summed E-state index contributed by atoms with van der Waals surface area (Å²) in [6.07, 6.45) is 5.49. The monoisotopic (exact) mass is 193 g/mol. The fraction of sp³-hybridized carbons (Fsp3) is 0.545. The zero-order valence-corrected chi connectivity index (χ0v) is 8.62. The first-order chi connectivity index (χ1) is 6.83. The molecule has 0 unspecified atom stereocenters. The van der Waals surface area contributed by atoms with Crippen molar-refractivity contribution in [1.29, 1.82) is 0 Å². The summed E-state index contributed by atoms with van der Waals surface area (Å²) >= 11 is 0. The lowest BCUT2D eigenvalue weighted by Crippen LogP contribution is -2.00. The summed E-state index contributed by atoms with van der Waals surface area (Å²) in [4.78, 5) is 4.20. The van der Waals surface area contributed by atoms with Crippen molar-refractivity contribution in [2.75, 3.05) is 7.11 Å². The molecule has 1 aliphatic carbocycles. The van der Waals surface area contributed by atoms with Crippen molar-refractivity contribution >= 4 is 0 Å². The van der Waals surface area contributed by atoms with Crippen molar-refractivity contribution in [3.63, 3.8) is 0 Å². The number of nitrogens with zero attached hydrogens (tertiary/aromatic N) is 1. The Labute approximate surface area is 84.1 Å². The minimum atomic E-state index is 0.387. The number of hydrogen-bond acceptors (Lipinski definition) is 3. The van der Waals surface area contributed by atoms with E-state index in [4.69, 9.17) is 9.47 Å². The van der Waals surface area contributed by atoms with Gasteiger partial charge in [0.25, 0.3) is 5.88 Å². The molecule has 1 aromatic heterocycles. The second kappa shape index (κ2) is 3.86. The molecule has 1 aromatic rings. The summed E-state index contributed by atoms with van der Waals surface area (Å²) in [5.74, 6) is 1.38. The maximum Gasteiger partial charge on any atom is 0.256 e. The van der Waals surface area contributed by atoms with E-state index in [2.05, 4.69) is 11.9 Å². The topological polar surface area (TPSA) is 31.4 Å². The molecule has 0 N–H and O–H groups in total. The first-order valence-electron chi connectivity index (χ1n) is 5.03. The summed E-state index contributed by atoms with van der Waals surface area (Å²) in [6.45, 7) is 2.10. The Balaban J connectivity index is 2.21. The summed E-state index contributed by atoms with van der Waals surface area (Å²) in [5, 5.41) is 0. The molecule has 1 fully saturated rings. The number of pyridine rings is 1. The van der Waals surface area contributed by atoms with Crippen molar-refractivity contribution < 1.29 is 9.47 Å². The largest absolute Gasteiger partial charge is 0.485 e. The van der Waals surface area contributed by atoms with E-state index >= 15 is 0 Å². The van der Waals surface area contributed by atoms with Crippen LogP contribution >= 0.6 is 0 Å². The van der Waals surface area contributed by atoms with Gasteiger partial charge in [0.1, 0.15) is 0 Å². The van der Waals surface area contributed by atoms with Crippen LogP contribution in [-0.4, -0.2) is 18.2 Å². The molecule has 0 saturated heterocycles. The third-order valence-corrected chi connectivity index (χ3v) is 2.29. The number of hydrogen-bond donors (Lipinski definition) is 0. The van der Waals surface area contributed by atoms with Crippen LogP contribution in [0.15, 0.2) is 12.3 Å². The fourth-order valence-electron chi connectivity index (χ4n) is 1.27. The number of rotatable bonds is 4. The van der Waals surface area contributed by atoms with E-state index in [0.29, 0.717) is 12.0 Å². The molecule has 0 spiro atoms. The average molecular weight is 193 g/mol. The van der Waals surface area contributed by atoms with Gasteiger partial charge in [-0.3, -0.25) is 0 Å². The number of ether oxygens (including phenoxy) is 2. The van der Waals surface area contributed by atoms with Crippen molar-refractivity contribution in [2.45, 2.75) is 32.3 Å². The smallest absolute Gasteiger partial charge is 0.256 e. The van der Waals surface area contributed by atoms with Gasteiger partial charge in [0, 0.05) is 6.20 Å². The van der Waals surface area contributed by atoms with Gasteiger partial charge in [0.15, 0.2) is 5.75 Å². The highest BCUT2D eigenvalue weighted by molar-refractivity contribution is 5.36. The minimum absolute atomic E-state index is 0.387. The Morgan fingerprint density at radius 3 is 2.86 bits per heavy atom. The van der Waals surface area contributed by atoms with E-state index < -0.39 is 0 Å². The van der Waals surface area contributed by atoms with Crippen LogP contribution in [0.3, 0.4) is 0 Å². The lowest BCUT2D eigenvalue weighted by Gasteiger charge is -2.09. The highest BCUT2D eigenvalue weighted by Crippen LogP contribution is 2.32. The average Bonchev–Trinajstić information content (AvgIpc) is 3.01. The second-order valence-electron chi connectivity index (χ2n) is 3.52. The van der Waals surface area contributed by atoms with Gasteiger partial charge in [-0.05, 0) is 30.9 Å². The molecule has 0 radical (unpaired) electrons. The van der Waals surface area contributed by atoms with E-state index in [1.807, 2.05) is 12.3 Å². The van der Waals surface area contributed by atoms with Crippen LogP contribution in [0.2, 0.25) is 0 Å². The van der Waals surface area contributed by atoms with Gasteiger partial charge in [-0.15, -0.1) is 0 Å². The van der Waals surface area contributed by atoms with E-state index in [1.54, 1.807) is 7.11 Å². The first kappa shape index (κ1) is 9.31. The van der Waals surface area contributed by atoms with Crippen LogP contribution in [0.1, 0.15) is 25.3 Å². The molecule has 1 aliphatic rings. The Kier molecular flexibility index (Phi) is 2.57. The molecule has 2 rings (SSSR count). The molecular formula is C11H15NO2. The van der Waals surface area contributed by atoms with Gasteiger partial charge in [-0.1, -0.05) is 6.92 Å². The summed E-state index contributed by atoms with van der Waals surface area (Å²) in [7, 11) is 1.62. The van der Waals surface area contributed by atoms with Crippen LogP contribution in [0.4, 0.5) is 0 Å². The third kappa shape index (κ3) is 1.97. The molecule has 0 aromatic carbocycles. The van der Waals surface area contributed by atoms with E-state index in [1.165, 1.54) is 5.56 Å². The van der Waals surface area contributed by atoms with E-state index in [-0.39, 0.29) is 0 Å². The zero-order chi connectivity index (χ0) is 9.97. The van der Waals surface area contributed by atoms with Gasteiger partial charge in [0.05, 0.1) is 13.2 Å². The molecular weight excluding hydrogens is 178 g/mol. The SMILES string of the molecule is CCc1cnc(OC)c(OC2CC2)c1. The molecule has 0 amide bonds. The molecule has 1 heterocycles. The van der Waals surface area contributed by atoms with Crippen LogP contribution < -0.4 is 9.47 Å². The van der Waals surface area contributed by atoms with Crippen LogP contribution in [0.5, 0.6) is 11.6 Å². The molecule has 0 aliphatic heterocycles. The normalized spacial score (nSPS) is 15.3. The summed E-state index contributed by atoms with van der Waals surface area (Å²) < 4.78 is 10.8. The molecule has 3 heteroatoms. The molecule has 3 nitrogen and oxygen atoms in total. The summed E-state index contributed by atoms with van der Waals surface area (Å²) in [6, 6.07) is 2.02. The lowest BCUT2D eigenvalue weighted by atomic mass is 10.2. The van der Waals surface area contributed by atoms with Crippen molar-refractivity contribution in [1.82, 2.24) is 4.98 Å². The third-order valence-electron chi connectivity index (χ3n) is 2.29. The van der Waals surface area contributed by atoms with E-state index in [9.17, 15) is 0 Å². The minimum Gasteiger partial charge on any atom is -0.485 e. The van der Waals surface area contributed by atoms with Gasteiger partial charge >= 0.3 is 0 Å². The highest BCUT2D eigenvalue weighted by atomic mass is 16.5. The van der Waals surface area contributed by atoms with Crippen LogP contribution in [0, 0.1) is 0 Å². The zero-order valence-electron chi connectivity index (χ0n) is 8.62. The van der Waals surface area contributed by atoms with E-state index in [0.717, 1.165) is 25.0 Å². The number of aryl methyl sites for hydroxylation is 1. The molecule has 1 saturated carbocycles. The van der Waals surface area contributed by atoms with Crippen molar-refractivity contribution in [2.24, 2.45) is 0 Å². The van der Waals surface area contributed by atoms with Crippen LogP contribution in [-0.2, 0) is 6.42 Å². The second-order valence-corrected chi connectivity index (χ2v) is 3.52. The maximum atomic E-state index is 5.70. The molecule has 14 heavy (non-hydrogen) atoms. The van der Waals surface area contributed by atoms with Gasteiger partial charge < -0.3 is 9.47 Å².